The highest BCUT2D eigenvalue weighted by atomic mass is 16.3. The van der Waals surface area contributed by atoms with Crippen LogP contribution in [0.2, 0.25) is 0 Å². The summed E-state index contributed by atoms with van der Waals surface area (Å²) in [6, 6.07) is 0. The number of unbranched alkanes of at least 4 members (excludes halogenated alkanes) is 2. The summed E-state index contributed by atoms with van der Waals surface area (Å²) in [4.78, 5) is 11.5. The number of hydrogen-bond acceptors (Lipinski definition) is 2. The molecular weight excluding hydrogens is 200 g/mol. The molecule has 0 aromatic heterocycles. The number of aliphatic hydroxyl groups is 1. The van der Waals surface area contributed by atoms with Crippen LogP contribution < -0.4 is 0 Å². The molecule has 16 heavy (non-hydrogen) atoms. The largest absolute Gasteiger partial charge is 0.512 e. The summed E-state index contributed by atoms with van der Waals surface area (Å²) in [6.07, 6.45) is 11.0. The van der Waals surface area contributed by atoms with Crippen molar-refractivity contribution in [1.82, 2.24) is 0 Å². The first-order chi connectivity index (χ1) is 7.74. The second-order valence-electron chi connectivity index (χ2n) is 4.83. The van der Waals surface area contributed by atoms with Crippen molar-refractivity contribution in [2.75, 3.05) is 0 Å². The molecule has 1 saturated carbocycles. The van der Waals surface area contributed by atoms with Gasteiger partial charge in [0, 0.05) is 18.4 Å². The van der Waals surface area contributed by atoms with Crippen molar-refractivity contribution < 1.29 is 9.90 Å². The first kappa shape index (κ1) is 13.3. The monoisotopic (exact) mass is 224 g/mol. The summed E-state index contributed by atoms with van der Waals surface area (Å²) >= 11 is 0. The Balaban J connectivity index is 2.32. The Morgan fingerprint density at radius 2 is 1.94 bits per heavy atom. The van der Waals surface area contributed by atoms with E-state index in [1.165, 1.54) is 25.3 Å². The normalized spacial score (nSPS) is 18.7. The molecule has 0 amide bonds. The number of hydrogen-bond donors (Lipinski definition) is 1. The van der Waals surface area contributed by atoms with Gasteiger partial charge in [0.25, 0.3) is 0 Å². The van der Waals surface area contributed by atoms with Gasteiger partial charge in [-0.1, -0.05) is 39.0 Å². The lowest BCUT2D eigenvalue weighted by atomic mass is 9.87. The van der Waals surface area contributed by atoms with Crippen molar-refractivity contribution in [3.05, 3.63) is 11.8 Å². The van der Waals surface area contributed by atoms with Crippen LogP contribution in [0, 0.1) is 5.92 Å². The molecule has 0 heterocycles. The molecule has 0 bridgehead atoms. The van der Waals surface area contributed by atoms with Crippen LogP contribution >= 0.6 is 0 Å². The zero-order valence-corrected chi connectivity index (χ0v) is 10.4. The van der Waals surface area contributed by atoms with E-state index in [1.54, 1.807) is 0 Å². The number of aliphatic hydroxyl groups excluding tert-OH is 1. The van der Waals surface area contributed by atoms with Gasteiger partial charge in [-0.15, -0.1) is 0 Å². The molecule has 0 atom stereocenters. The van der Waals surface area contributed by atoms with Crippen LogP contribution in [0.15, 0.2) is 11.8 Å². The molecule has 2 heteroatoms. The van der Waals surface area contributed by atoms with Crippen molar-refractivity contribution >= 4 is 5.78 Å². The first-order valence-corrected chi connectivity index (χ1v) is 6.67. The fourth-order valence-electron chi connectivity index (χ4n) is 2.30. The van der Waals surface area contributed by atoms with E-state index in [-0.39, 0.29) is 11.7 Å². The van der Waals surface area contributed by atoms with Gasteiger partial charge in [0.2, 0.25) is 0 Å². The highest BCUT2D eigenvalue weighted by Gasteiger charge is 2.17. The molecule has 1 N–H and O–H groups in total. The summed E-state index contributed by atoms with van der Waals surface area (Å²) in [7, 11) is 0. The Hall–Kier alpha value is -0.790. The van der Waals surface area contributed by atoms with Crippen LogP contribution in [0.5, 0.6) is 0 Å². The van der Waals surface area contributed by atoms with Crippen LogP contribution in [0.1, 0.15) is 64.7 Å². The van der Waals surface area contributed by atoms with Crippen molar-refractivity contribution in [2.45, 2.75) is 64.7 Å². The second-order valence-corrected chi connectivity index (χ2v) is 4.83. The summed E-state index contributed by atoms with van der Waals surface area (Å²) in [5.41, 5.74) is 0. The topological polar surface area (TPSA) is 37.3 Å². The molecule has 1 aliphatic carbocycles. The Labute approximate surface area is 98.7 Å². The third kappa shape index (κ3) is 4.82. The molecular formula is C14H24O2. The summed E-state index contributed by atoms with van der Waals surface area (Å²) in [5.74, 6) is 0.682. The average molecular weight is 224 g/mol. The number of allylic oxidation sites excluding steroid dienone is 2. The Bertz CT molecular complexity index is 237. The van der Waals surface area contributed by atoms with Crippen LogP contribution in [0.3, 0.4) is 0 Å². The molecule has 0 aliphatic heterocycles. The third-order valence-electron chi connectivity index (χ3n) is 3.36. The van der Waals surface area contributed by atoms with Gasteiger partial charge in [0.05, 0.1) is 5.76 Å². The van der Waals surface area contributed by atoms with Crippen LogP contribution in [-0.2, 0) is 4.79 Å². The maximum absolute atomic E-state index is 11.5. The predicted molar refractivity (Wildman–Crippen MR) is 66.4 cm³/mol. The van der Waals surface area contributed by atoms with Crippen molar-refractivity contribution in [2.24, 2.45) is 5.92 Å². The molecule has 1 rings (SSSR count). The fourth-order valence-corrected chi connectivity index (χ4v) is 2.30. The van der Waals surface area contributed by atoms with E-state index >= 15 is 0 Å². The third-order valence-corrected chi connectivity index (χ3v) is 3.36. The molecule has 0 spiro atoms. The van der Waals surface area contributed by atoms with Gasteiger partial charge in [-0.05, 0) is 19.3 Å². The second kappa shape index (κ2) is 7.48. The van der Waals surface area contributed by atoms with Crippen molar-refractivity contribution in [1.29, 1.82) is 0 Å². The molecule has 1 fully saturated rings. The van der Waals surface area contributed by atoms with E-state index in [0.717, 1.165) is 32.1 Å². The van der Waals surface area contributed by atoms with Gasteiger partial charge in [0.1, 0.15) is 0 Å². The van der Waals surface area contributed by atoms with Crippen LogP contribution in [0.25, 0.3) is 0 Å². The van der Waals surface area contributed by atoms with Gasteiger partial charge < -0.3 is 5.11 Å². The minimum atomic E-state index is 0.0940. The van der Waals surface area contributed by atoms with Crippen molar-refractivity contribution in [3.63, 3.8) is 0 Å². The number of ketones is 1. The van der Waals surface area contributed by atoms with E-state index in [2.05, 4.69) is 6.92 Å². The zero-order chi connectivity index (χ0) is 11.8. The smallest absolute Gasteiger partial charge is 0.159 e. The van der Waals surface area contributed by atoms with E-state index in [9.17, 15) is 9.90 Å². The molecule has 0 radical (unpaired) electrons. The molecule has 0 saturated heterocycles. The number of rotatable bonds is 6. The fraction of sp³-hybridized carbons (Fsp3) is 0.786. The van der Waals surface area contributed by atoms with E-state index < -0.39 is 0 Å². The lowest BCUT2D eigenvalue weighted by Crippen LogP contribution is -2.10. The van der Waals surface area contributed by atoms with Gasteiger partial charge >= 0.3 is 0 Å². The molecule has 1 aliphatic rings. The quantitative estimate of drug-likeness (QED) is 0.418. The van der Waals surface area contributed by atoms with Crippen LogP contribution in [-0.4, -0.2) is 10.9 Å². The van der Waals surface area contributed by atoms with Gasteiger partial charge in [-0.25, -0.2) is 0 Å². The first-order valence-electron chi connectivity index (χ1n) is 6.67. The van der Waals surface area contributed by atoms with Gasteiger partial charge in [-0.3, -0.25) is 4.79 Å². The SMILES string of the molecule is CCCCCC(=O)/C=C(\O)C1CCCCC1. The van der Waals surface area contributed by atoms with E-state index in [1.807, 2.05) is 0 Å². The minimum absolute atomic E-state index is 0.0940. The predicted octanol–water partition coefficient (Wildman–Crippen LogP) is 4.16. The van der Waals surface area contributed by atoms with Crippen LogP contribution in [0.4, 0.5) is 0 Å². The number of carbonyl (C=O) groups excluding carboxylic acids is 1. The highest BCUT2D eigenvalue weighted by Crippen LogP contribution is 2.28. The Morgan fingerprint density at radius 3 is 2.56 bits per heavy atom. The molecule has 92 valence electrons. The Morgan fingerprint density at radius 1 is 1.25 bits per heavy atom. The summed E-state index contributed by atoms with van der Waals surface area (Å²) in [5, 5.41) is 9.84. The summed E-state index contributed by atoms with van der Waals surface area (Å²) < 4.78 is 0. The molecule has 0 aromatic carbocycles. The van der Waals surface area contributed by atoms with E-state index in [0.29, 0.717) is 12.2 Å². The highest BCUT2D eigenvalue weighted by molar-refractivity contribution is 5.89. The maximum atomic E-state index is 11.5. The minimum Gasteiger partial charge on any atom is -0.512 e. The molecule has 0 aromatic rings. The van der Waals surface area contributed by atoms with Crippen molar-refractivity contribution in [3.8, 4) is 0 Å². The van der Waals surface area contributed by atoms with Gasteiger partial charge in [-0.2, -0.15) is 0 Å². The zero-order valence-electron chi connectivity index (χ0n) is 10.4. The Kier molecular flexibility index (Phi) is 6.20. The average Bonchev–Trinajstić information content (AvgIpc) is 2.30. The lowest BCUT2D eigenvalue weighted by molar-refractivity contribution is -0.114. The summed E-state index contributed by atoms with van der Waals surface area (Å²) in [6.45, 7) is 2.12. The van der Waals surface area contributed by atoms with Gasteiger partial charge in [0.15, 0.2) is 5.78 Å². The molecule has 0 unspecified atom stereocenters. The number of carbonyl (C=O) groups is 1. The maximum Gasteiger partial charge on any atom is 0.159 e. The lowest BCUT2D eigenvalue weighted by Gasteiger charge is -2.20. The van der Waals surface area contributed by atoms with E-state index in [4.69, 9.17) is 0 Å². The molecule has 2 nitrogen and oxygen atoms in total. The standard InChI is InChI=1S/C14H24O2/c1-2-3-5-10-13(15)11-14(16)12-8-6-4-7-9-12/h11-12,16H,2-10H2,1H3/b14-11-.